The second-order valence-corrected chi connectivity index (χ2v) is 3.79. The Kier molecular flexibility index (Phi) is 3.88. The van der Waals surface area contributed by atoms with Gasteiger partial charge in [0, 0.05) is 19.5 Å². The first-order chi connectivity index (χ1) is 6.19. The summed E-state index contributed by atoms with van der Waals surface area (Å²) in [5, 5.41) is 2.10. The summed E-state index contributed by atoms with van der Waals surface area (Å²) < 4.78 is 0. The van der Waals surface area contributed by atoms with Crippen LogP contribution in [0.15, 0.2) is 0 Å². The summed E-state index contributed by atoms with van der Waals surface area (Å²) >= 11 is 0. The van der Waals surface area contributed by atoms with Gasteiger partial charge in [0.1, 0.15) is 0 Å². The molecule has 0 spiro atoms. The van der Waals surface area contributed by atoms with E-state index in [1.807, 2.05) is 14.0 Å². The third-order valence-electron chi connectivity index (χ3n) is 2.77. The molecule has 0 saturated carbocycles. The Morgan fingerprint density at radius 3 is 2.77 bits per heavy atom. The molecule has 1 saturated heterocycles. The monoisotopic (exact) mass is 184 g/mol. The van der Waals surface area contributed by atoms with Gasteiger partial charge in [0.05, 0.1) is 6.04 Å². The maximum Gasteiger partial charge on any atom is 0.150 e. The van der Waals surface area contributed by atoms with E-state index in [1.54, 1.807) is 0 Å². The van der Waals surface area contributed by atoms with E-state index >= 15 is 0 Å². The standard InChI is InChI=1S/C10H20N2O/c1-4-6-8-7-9(10(13)5-2)11-12(8)3/h8-9,11H,4-7H2,1-3H3. The molecule has 1 fully saturated rings. The molecule has 0 bridgehead atoms. The van der Waals surface area contributed by atoms with Crippen LogP contribution in [-0.4, -0.2) is 29.9 Å². The number of nitrogens with zero attached hydrogens (tertiary/aromatic N) is 1. The summed E-state index contributed by atoms with van der Waals surface area (Å²) in [4.78, 5) is 11.4. The zero-order valence-corrected chi connectivity index (χ0v) is 8.84. The van der Waals surface area contributed by atoms with Gasteiger partial charge in [-0.15, -0.1) is 0 Å². The minimum atomic E-state index is 0.0755. The Balaban J connectivity index is 2.44. The lowest BCUT2D eigenvalue weighted by molar-refractivity contribution is -0.120. The van der Waals surface area contributed by atoms with Gasteiger partial charge in [0.2, 0.25) is 0 Å². The van der Waals surface area contributed by atoms with Gasteiger partial charge < -0.3 is 0 Å². The average molecular weight is 184 g/mol. The molecule has 1 N–H and O–H groups in total. The Hall–Kier alpha value is -0.410. The second kappa shape index (κ2) is 4.72. The van der Waals surface area contributed by atoms with Crippen molar-refractivity contribution in [2.75, 3.05) is 7.05 Å². The predicted molar refractivity (Wildman–Crippen MR) is 53.3 cm³/mol. The number of Topliss-reactive ketones (excluding diaryl/α,β-unsaturated/α-hetero) is 1. The Bertz CT molecular complexity index is 182. The van der Waals surface area contributed by atoms with Crippen LogP contribution in [0.4, 0.5) is 0 Å². The number of nitrogens with one attached hydrogen (secondary N) is 1. The molecule has 13 heavy (non-hydrogen) atoms. The van der Waals surface area contributed by atoms with Crippen molar-refractivity contribution in [1.29, 1.82) is 0 Å². The molecular formula is C10H20N2O. The highest BCUT2D eigenvalue weighted by atomic mass is 16.1. The van der Waals surface area contributed by atoms with Crippen molar-refractivity contribution in [3.63, 3.8) is 0 Å². The molecule has 2 atom stereocenters. The molecule has 3 nitrogen and oxygen atoms in total. The lowest BCUT2D eigenvalue weighted by Crippen LogP contribution is -2.38. The third-order valence-corrected chi connectivity index (χ3v) is 2.77. The smallest absolute Gasteiger partial charge is 0.150 e. The number of hydrogen-bond acceptors (Lipinski definition) is 3. The maximum atomic E-state index is 11.4. The first-order valence-corrected chi connectivity index (χ1v) is 5.20. The molecule has 1 heterocycles. The summed E-state index contributed by atoms with van der Waals surface area (Å²) in [7, 11) is 2.03. The van der Waals surface area contributed by atoms with Crippen molar-refractivity contribution < 1.29 is 4.79 Å². The SMILES string of the molecule is CCCC1CC(C(=O)CC)NN1C. The maximum absolute atomic E-state index is 11.4. The van der Waals surface area contributed by atoms with Crippen LogP contribution in [0.25, 0.3) is 0 Å². The number of hydrogen-bond donors (Lipinski definition) is 1. The average Bonchev–Trinajstić information content (AvgIpc) is 2.47. The Labute approximate surface area is 80.5 Å². The zero-order chi connectivity index (χ0) is 9.84. The fourth-order valence-corrected chi connectivity index (χ4v) is 1.93. The number of hydrazine groups is 1. The predicted octanol–water partition coefficient (Wildman–Crippen LogP) is 1.34. The van der Waals surface area contributed by atoms with Crippen LogP contribution in [0.1, 0.15) is 39.5 Å². The van der Waals surface area contributed by atoms with Gasteiger partial charge in [0.25, 0.3) is 0 Å². The van der Waals surface area contributed by atoms with Crippen LogP contribution in [-0.2, 0) is 4.79 Å². The Morgan fingerprint density at radius 2 is 2.23 bits per heavy atom. The van der Waals surface area contributed by atoms with Gasteiger partial charge in [-0.05, 0) is 12.8 Å². The van der Waals surface area contributed by atoms with Crippen LogP contribution in [0.5, 0.6) is 0 Å². The summed E-state index contributed by atoms with van der Waals surface area (Å²) in [6.07, 6.45) is 3.99. The fraction of sp³-hybridized carbons (Fsp3) is 0.900. The van der Waals surface area contributed by atoms with Crippen molar-refractivity contribution >= 4 is 5.78 Å². The van der Waals surface area contributed by atoms with E-state index in [-0.39, 0.29) is 6.04 Å². The van der Waals surface area contributed by atoms with Crippen molar-refractivity contribution in [1.82, 2.24) is 10.4 Å². The molecule has 0 radical (unpaired) electrons. The van der Waals surface area contributed by atoms with E-state index < -0.39 is 0 Å². The first kappa shape index (κ1) is 10.7. The molecule has 0 aromatic rings. The van der Waals surface area contributed by atoms with Gasteiger partial charge in [-0.1, -0.05) is 20.3 Å². The number of ketones is 1. The van der Waals surface area contributed by atoms with Gasteiger partial charge in [-0.2, -0.15) is 0 Å². The van der Waals surface area contributed by atoms with Crippen molar-refractivity contribution in [3.05, 3.63) is 0 Å². The quantitative estimate of drug-likeness (QED) is 0.715. The Morgan fingerprint density at radius 1 is 1.54 bits per heavy atom. The van der Waals surface area contributed by atoms with Gasteiger partial charge in [0.15, 0.2) is 5.78 Å². The minimum Gasteiger partial charge on any atom is -0.298 e. The summed E-state index contributed by atoms with van der Waals surface area (Å²) in [6, 6.07) is 0.622. The van der Waals surface area contributed by atoms with Crippen LogP contribution in [0.2, 0.25) is 0 Å². The topological polar surface area (TPSA) is 32.3 Å². The first-order valence-electron chi connectivity index (χ1n) is 5.20. The molecule has 0 aromatic heterocycles. The minimum absolute atomic E-state index is 0.0755. The van der Waals surface area contributed by atoms with E-state index in [0.717, 1.165) is 6.42 Å². The van der Waals surface area contributed by atoms with Crippen molar-refractivity contribution in [3.8, 4) is 0 Å². The molecule has 3 heteroatoms. The molecule has 1 rings (SSSR count). The molecule has 1 aliphatic heterocycles. The molecule has 1 aliphatic rings. The molecule has 0 amide bonds. The van der Waals surface area contributed by atoms with Crippen LogP contribution < -0.4 is 5.43 Å². The number of rotatable bonds is 4. The van der Waals surface area contributed by atoms with E-state index in [2.05, 4.69) is 17.4 Å². The molecule has 0 aliphatic carbocycles. The fourth-order valence-electron chi connectivity index (χ4n) is 1.93. The summed E-state index contributed by atoms with van der Waals surface area (Å²) in [5.41, 5.74) is 3.22. The van der Waals surface area contributed by atoms with Crippen LogP contribution in [0.3, 0.4) is 0 Å². The highest BCUT2D eigenvalue weighted by molar-refractivity contribution is 5.83. The third kappa shape index (κ3) is 2.51. The lowest BCUT2D eigenvalue weighted by Gasteiger charge is -2.17. The summed E-state index contributed by atoms with van der Waals surface area (Å²) in [5.74, 6) is 0.338. The highest BCUT2D eigenvalue weighted by Crippen LogP contribution is 2.18. The largest absolute Gasteiger partial charge is 0.298 e. The van der Waals surface area contributed by atoms with Gasteiger partial charge in [-0.3, -0.25) is 4.79 Å². The highest BCUT2D eigenvalue weighted by Gasteiger charge is 2.31. The number of carbonyl (C=O) groups excluding carboxylic acids is 1. The van der Waals surface area contributed by atoms with Crippen molar-refractivity contribution in [2.45, 2.75) is 51.6 Å². The zero-order valence-electron chi connectivity index (χ0n) is 8.84. The molecule has 0 aromatic carbocycles. The molecule has 76 valence electrons. The van der Waals surface area contributed by atoms with Crippen LogP contribution in [0, 0.1) is 0 Å². The van der Waals surface area contributed by atoms with E-state index in [4.69, 9.17) is 0 Å². The lowest BCUT2D eigenvalue weighted by atomic mass is 10.0. The van der Waals surface area contributed by atoms with Crippen molar-refractivity contribution in [2.24, 2.45) is 0 Å². The van der Waals surface area contributed by atoms with Gasteiger partial charge >= 0.3 is 0 Å². The van der Waals surface area contributed by atoms with E-state index in [9.17, 15) is 4.79 Å². The normalized spacial score (nSPS) is 29.5. The van der Waals surface area contributed by atoms with Crippen LogP contribution >= 0.6 is 0 Å². The molecular weight excluding hydrogens is 164 g/mol. The molecule has 2 unspecified atom stereocenters. The van der Waals surface area contributed by atoms with E-state index in [0.29, 0.717) is 18.2 Å². The second-order valence-electron chi connectivity index (χ2n) is 3.79. The number of carbonyl (C=O) groups is 1. The summed E-state index contributed by atoms with van der Waals surface area (Å²) in [6.45, 7) is 4.11. The van der Waals surface area contributed by atoms with Gasteiger partial charge in [-0.25, -0.2) is 10.4 Å². The van der Waals surface area contributed by atoms with E-state index in [1.165, 1.54) is 12.8 Å².